The molecule has 0 unspecified atom stereocenters. The van der Waals surface area contributed by atoms with Crippen molar-refractivity contribution >= 4 is 23.5 Å². The number of carbonyl (C=O) groups is 1. The molecule has 1 N–H and O–H groups in total. The lowest BCUT2D eigenvalue weighted by molar-refractivity contribution is -0.398. The molecule has 0 saturated heterocycles. The average molecular weight is 383 g/mol. The van der Waals surface area contributed by atoms with Gasteiger partial charge in [-0.1, -0.05) is 18.2 Å². The smallest absolute Gasteiger partial charge is 0.266 e. The largest absolute Gasteiger partial charge is 0.865 e. The molecule has 0 saturated carbocycles. The quantitative estimate of drug-likeness (QED) is 0.459. The number of aryl methyl sites for hydroxylation is 1. The summed E-state index contributed by atoms with van der Waals surface area (Å²) >= 11 is 0. The molecule has 1 heterocycles. The predicted molar refractivity (Wildman–Crippen MR) is 102 cm³/mol. The Balaban J connectivity index is 1.66. The number of nitrogens with one attached hydrogen (secondary N) is 1. The topological polar surface area (TPSA) is 120 Å². The second-order valence-corrected chi connectivity index (χ2v) is 6.28. The molecule has 0 radical (unpaired) electrons. The number of benzene rings is 2. The van der Waals surface area contributed by atoms with Crippen molar-refractivity contribution < 1.29 is 19.6 Å². The van der Waals surface area contributed by atoms with Gasteiger partial charge in [0.2, 0.25) is 0 Å². The van der Waals surface area contributed by atoms with Crippen molar-refractivity contribution in [3.05, 3.63) is 57.6 Å². The van der Waals surface area contributed by atoms with E-state index in [1.807, 2.05) is 23.1 Å². The lowest BCUT2D eigenvalue weighted by Crippen LogP contribution is -2.38. The number of fused-ring (bicyclic) bond motifs is 1. The van der Waals surface area contributed by atoms with Crippen LogP contribution in [0, 0.1) is 10.1 Å². The van der Waals surface area contributed by atoms with Gasteiger partial charge in [-0.3, -0.25) is 14.9 Å². The van der Waals surface area contributed by atoms with Gasteiger partial charge in [0.1, 0.15) is 5.75 Å². The molecule has 9 nitrogen and oxygen atoms in total. The van der Waals surface area contributed by atoms with Gasteiger partial charge in [-0.25, -0.2) is 5.43 Å². The number of carbonyl (C=O) groups excluding carboxylic acids is 1. The molecule has 0 atom stereocenters. The monoisotopic (exact) mass is 383 g/mol. The molecule has 28 heavy (non-hydrogen) atoms. The van der Waals surface area contributed by atoms with E-state index in [-0.39, 0.29) is 23.8 Å². The predicted octanol–water partition coefficient (Wildman–Crippen LogP) is 1.58. The zero-order chi connectivity index (χ0) is 20.1. The maximum absolute atomic E-state index is 12.2. The Morgan fingerprint density at radius 2 is 2.18 bits per heavy atom. The lowest BCUT2D eigenvalue weighted by atomic mass is 10.0. The summed E-state index contributed by atoms with van der Waals surface area (Å²) in [6.45, 7) is 0.930. The van der Waals surface area contributed by atoms with E-state index < -0.39 is 16.4 Å². The zero-order valence-electron chi connectivity index (χ0n) is 15.3. The van der Waals surface area contributed by atoms with Crippen LogP contribution in [0.3, 0.4) is 0 Å². The van der Waals surface area contributed by atoms with Gasteiger partial charge in [0, 0.05) is 29.6 Å². The average Bonchev–Trinajstić information content (AvgIpc) is 2.69. The fraction of sp³-hybridized carbons (Fsp3) is 0.263. The van der Waals surface area contributed by atoms with Gasteiger partial charge in [-0.2, -0.15) is 5.10 Å². The standard InChI is InChI=1S/C19H20N4O5/c1-28-17-10-13(9-16(19(17)25)23(26)27)11-20-21-18(24)12-22-8-4-6-14-5-2-3-7-15(14)22/h2-3,5,7,9-11,25H,4,6,8,12H2,1H3,(H,21,24)/p-1/b20-11-. The number of rotatable bonds is 6. The van der Waals surface area contributed by atoms with Crippen LogP contribution in [-0.4, -0.2) is 37.2 Å². The van der Waals surface area contributed by atoms with Crippen LogP contribution in [0.25, 0.3) is 0 Å². The van der Waals surface area contributed by atoms with Crippen LogP contribution in [0.4, 0.5) is 11.4 Å². The summed E-state index contributed by atoms with van der Waals surface area (Å²) in [4.78, 5) is 24.4. The summed E-state index contributed by atoms with van der Waals surface area (Å²) in [5.41, 5.74) is 4.32. The Bertz CT molecular complexity index is 929. The molecule has 1 amide bonds. The molecule has 2 aromatic rings. The number of nitro benzene ring substituents is 1. The minimum absolute atomic E-state index is 0.150. The molecule has 2 aromatic carbocycles. The molecule has 0 bridgehead atoms. The first-order chi connectivity index (χ1) is 13.5. The summed E-state index contributed by atoms with van der Waals surface area (Å²) in [6.07, 6.45) is 3.19. The fourth-order valence-electron chi connectivity index (χ4n) is 3.13. The van der Waals surface area contributed by atoms with Gasteiger partial charge in [-0.15, -0.1) is 0 Å². The number of ether oxygens (including phenoxy) is 1. The number of hydrogen-bond acceptors (Lipinski definition) is 7. The number of para-hydroxylation sites is 1. The second-order valence-electron chi connectivity index (χ2n) is 6.28. The van der Waals surface area contributed by atoms with Gasteiger partial charge in [0.05, 0.1) is 24.8 Å². The van der Waals surface area contributed by atoms with Crippen molar-refractivity contribution in [2.75, 3.05) is 25.1 Å². The first-order valence-corrected chi connectivity index (χ1v) is 8.68. The number of hydrazone groups is 1. The number of methoxy groups -OCH3 is 1. The van der Waals surface area contributed by atoms with Crippen LogP contribution < -0.4 is 20.2 Å². The lowest BCUT2D eigenvalue weighted by Gasteiger charge is -2.30. The SMILES string of the molecule is COc1cc(/C=N\NC(=O)CN2CCCc3ccccc32)cc([N+](=O)[O-])c1[O-]. The molecule has 1 aliphatic heterocycles. The molecular weight excluding hydrogens is 364 g/mol. The van der Waals surface area contributed by atoms with Crippen LogP contribution in [0.5, 0.6) is 11.5 Å². The van der Waals surface area contributed by atoms with E-state index >= 15 is 0 Å². The summed E-state index contributed by atoms with van der Waals surface area (Å²) in [5.74, 6) is -1.28. The highest BCUT2D eigenvalue weighted by molar-refractivity contribution is 5.86. The minimum Gasteiger partial charge on any atom is -0.865 e. The molecule has 0 spiro atoms. The van der Waals surface area contributed by atoms with E-state index in [2.05, 4.69) is 16.6 Å². The minimum atomic E-state index is -0.808. The van der Waals surface area contributed by atoms with Crippen molar-refractivity contribution in [3.8, 4) is 11.5 Å². The van der Waals surface area contributed by atoms with E-state index in [4.69, 9.17) is 4.74 Å². The van der Waals surface area contributed by atoms with Gasteiger partial charge in [0.15, 0.2) is 0 Å². The number of amides is 1. The fourth-order valence-corrected chi connectivity index (χ4v) is 3.13. The van der Waals surface area contributed by atoms with Crippen LogP contribution in [0.15, 0.2) is 41.5 Å². The highest BCUT2D eigenvalue weighted by Crippen LogP contribution is 2.33. The molecule has 9 heteroatoms. The summed E-state index contributed by atoms with van der Waals surface area (Å²) in [6, 6.07) is 10.4. The van der Waals surface area contributed by atoms with Crippen molar-refractivity contribution in [1.29, 1.82) is 0 Å². The van der Waals surface area contributed by atoms with E-state index in [9.17, 15) is 20.0 Å². The molecule has 146 valence electrons. The normalized spacial score (nSPS) is 13.2. The van der Waals surface area contributed by atoms with Crippen molar-refractivity contribution in [2.24, 2.45) is 5.10 Å². The zero-order valence-corrected chi connectivity index (χ0v) is 15.3. The Hall–Kier alpha value is -3.62. The number of nitro groups is 1. The number of nitrogens with zero attached hydrogens (tertiary/aromatic N) is 3. The Morgan fingerprint density at radius 3 is 2.93 bits per heavy atom. The molecule has 0 aliphatic carbocycles. The van der Waals surface area contributed by atoms with Gasteiger partial charge >= 0.3 is 0 Å². The van der Waals surface area contributed by atoms with E-state index in [1.165, 1.54) is 25.0 Å². The first-order valence-electron chi connectivity index (χ1n) is 8.68. The van der Waals surface area contributed by atoms with Crippen LogP contribution in [0.1, 0.15) is 17.5 Å². The van der Waals surface area contributed by atoms with Crippen molar-refractivity contribution in [1.82, 2.24) is 5.43 Å². The van der Waals surface area contributed by atoms with Gasteiger partial charge < -0.3 is 14.7 Å². The van der Waals surface area contributed by atoms with E-state index in [1.54, 1.807) is 0 Å². The van der Waals surface area contributed by atoms with E-state index in [0.717, 1.165) is 31.1 Å². The molecule has 0 fully saturated rings. The summed E-state index contributed by atoms with van der Waals surface area (Å²) < 4.78 is 4.87. The molecule has 1 aliphatic rings. The van der Waals surface area contributed by atoms with Crippen molar-refractivity contribution in [3.63, 3.8) is 0 Å². The first kappa shape index (κ1) is 19.2. The van der Waals surface area contributed by atoms with Crippen LogP contribution in [-0.2, 0) is 11.2 Å². The van der Waals surface area contributed by atoms with Crippen LogP contribution >= 0.6 is 0 Å². The summed E-state index contributed by atoms with van der Waals surface area (Å²) in [5, 5.41) is 26.6. The highest BCUT2D eigenvalue weighted by atomic mass is 16.6. The van der Waals surface area contributed by atoms with E-state index in [0.29, 0.717) is 0 Å². The Labute approximate surface area is 161 Å². The highest BCUT2D eigenvalue weighted by Gasteiger charge is 2.18. The molecule has 3 rings (SSSR count). The third kappa shape index (κ3) is 4.20. The number of anilines is 1. The third-order valence-corrected chi connectivity index (χ3v) is 4.42. The Morgan fingerprint density at radius 1 is 1.39 bits per heavy atom. The van der Waals surface area contributed by atoms with Crippen molar-refractivity contribution in [2.45, 2.75) is 12.8 Å². The Kier molecular flexibility index (Phi) is 5.73. The third-order valence-electron chi connectivity index (χ3n) is 4.42. The molecule has 0 aromatic heterocycles. The van der Waals surface area contributed by atoms with Gasteiger partial charge in [0.25, 0.3) is 11.6 Å². The van der Waals surface area contributed by atoms with Crippen LogP contribution in [0.2, 0.25) is 0 Å². The summed E-state index contributed by atoms with van der Waals surface area (Å²) in [7, 11) is 1.25. The number of hydrogen-bond donors (Lipinski definition) is 1. The maximum Gasteiger partial charge on any atom is 0.266 e. The second kappa shape index (κ2) is 8.38. The molecular formula is C19H19N4O5-. The maximum atomic E-state index is 12.2. The van der Waals surface area contributed by atoms with Gasteiger partial charge in [-0.05, 0) is 30.5 Å².